The molecule has 1 saturated carbocycles. The summed E-state index contributed by atoms with van der Waals surface area (Å²) in [5.74, 6) is 2.43. The number of amides is 1. The minimum absolute atomic E-state index is 0.155. The Morgan fingerprint density at radius 2 is 1.86 bits per heavy atom. The van der Waals surface area contributed by atoms with Crippen molar-refractivity contribution in [1.29, 1.82) is 0 Å². The lowest BCUT2D eigenvalue weighted by molar-refractivity contribution is -0.122. The van der Waals surface area contributed by atoms with E-state index in [0.717, 1.165) is 18.7 Å². The van der Waals surface area contributed by atoms with Crippen LogP contribution in [0.4, 0.5) is 17.5 Å². The minimum Gasteiger partial charge on any atom is -0.367 e. The molecule has 0 unspecified atom stereocenters. The van der Waals surface area contributed by atoms with E-state index in [1.54, 1.807) is 6.20 Å². The largest absolute Gasteiger partial charge is 0.367 e. The number of pyridine rings is 1. The molecule has 1 aliphatic carbocycles. The van der Waals surface area contributed by atoms with E-state index in [-0.39, 0.29) is 11.8 Å². The van der Waals surface area contributed by atoms with E-state index in [2.05, 4.69) is 31.1 Å². The molecule has 0 saturated heterocycles. The second-order valence-electron chi connectivity index (χ2n) is 5.14. The third-order valence-corrected chi connectivity index (χ3v) is 3.26. The SMILES string of the molecule is O=C(NCCNc1ccc(Nc2ccccn2)nn1)C1CC1. The van der Waals surface area contributed by atoms with Crippen molar-refractivity contribution in [2.45, 2.75) is 12.8 Å². The summed E-state index contributed by atoms with van der Waals surface area (Å²) in [5.41, 5.74) is 0. The molecule has 2 heterocycles. The number of anilines is 3. The van der Waals surface area contributed by atoms with Crippen molar-refractivity contribution >= 4 is 23.4 Å². The van der Waals surface area contributed by atoms with Crippen LogP contribution in [0.25, 0.3) is 0 Å². The standard InChI is InChI=1S/C15H18N6O/c22-15(11-4-5-11)18-10-9-17-13-6-7-14(21-20-13)19-12-3-1-2-8-16-12/h1-3,6-8,11H,4-5,9-10H2,(H,17,20)(H,18,22)(H,16,19,21). The Balaban J connectivity index is 1.42. The number of carbonyl (C=O) groups excluding carboxylic acids is 1. The van der Waals surface area contributed by atoms with E-state index in [0.29, 0.717) is 24.7 Å². The molecule has 7 heteroatoms. The van der Waals surface area contributed by atoms with Crippen LogP contribution in [-0.4, -0.2) is 34.2 Å². The first-order valence-corrected chi connectivity index (χ1v) is 7.34. The molecule has 0 atom stereocenters. The number of hydrogen-bond donors (Lipinski definition) is 3. The second kappa shape index (κ2) is 6.84. The minimum atomic E-state index is 0.155. The molecule has 0 spiro atoms. The van der Waals surface area contributed by atoms with Gasteiger partial charge in [-0.2, -0.15) is 0 Å². The van der Waals surface area contributed by atoms with Gasteiger partial charge < -0.3 is 16.0 Å². The quantitative estimate of drug-likeness (QED) is 0.672. The molecule has 1 amide bonds. The van der Waals surface area contributed by atoms with Crippen molar-refractivity contribution in [2.75, 3.05) is 23.7 Å². The number of carbonyl (C=O) groups is 1. The zero-order chi connectivity index (χ0) is 15.2. The molecular weight excluding hydrogens is 280 g/mol. The first-order chi connectivity index (χ1) is 10.8. The molecule has 114 valence electrons. The summed E-state index contributed by atoms with van der Waals surface area (Å²) in [5, 5.41) is 17.2. The maximum Gasteiger partial charge on any atom is 0.223 e. The van der Waals surface area contributed by atoms with E-state index < -0.39 is 0 Å². The molecular formula is C15H18N6O. The summed E-state index contributed by atoms with van der Waals surface area (Å²) in [6.07, 6.45) is 3.76. The predicted molar refractivity (Wildman–Crippen MR) is 83.8 cm³/mol. The number of hydrogen-bond acceptors (Lipinski definition) is 6. The maximum atomic E-state index is 11.5. The highest BCUT2D eigenvalue weighted by atomic mass is 16.2. The van der Waals surface area contributed by atoms with Crippen LogP contribution in [0.15, 0.2) is 36.5 Å². The molecule has 1 aliphatic rings. The molecule has 3 rings (SSSR count). The van der Waals surface area contributed by atoms with Crippen LogP contribution >= 0.6 is 0 Å². The second-order valence-corrected chi connectivity index (χ2v) is 5.14. The van der Waals surface area contributed by atoms with Crippen LogP contribution in [-0.2, 0) is 4.79 Å². The van der Waals surface area contributed by atoms with Gasteiger partial charge in [-0.05, 0) is 37.1 Å². The highest BCUT2D eigenvalue weighted by Gasteiger charge is 2.28. The Bertz CT molecular complexity index is 612. The van der Waals surface area contributed by atoms with E-state index in [1.807, 2.05) is 30.3 Å². The summed E-state index contributed by atoms with van der Waals surface area (Å²) in [6.45, 7) is 1.21. The zero-order valence-electron chi connectivity index (χ0n) is 12.1. The van der Waals surface area contributed by atoms with Gasteiger partial charge in [0.25, 0.3) is 0 Å². The monoisotopic (exact) mass is 298 g/mol. The maximum absolute atomic E-state index is 11.5. The number of nitrogens with zero attached hydrogens (tertiary/aromatic N) is 3. The normalized spacial score (nSPS) is 13.5. The van der Waals surface area contributed by atoms with Crippen molar-refractivity contribution < 1.29 is 4.79 Å². The van der Waals surface area contributed by atoms with E-state index in [1.165, 1.54) is 0 Å². The van der Waals surface area contributed by atoms with Gasteiger partial charge in [-0.15, -0.1) is 10.2 Å². The summed E-state index contributed by atoms with van der Waals surface area (Å²) in [7, 11) is 0. The van der Waals surface area contributed by atoms with Crippen molar-refractivity contribution in [3.8, 4) is 0 Å². The molecule has 0 aliphatic heterocycles. The van der Waals surface area contributed by atoms with E-state index in [9.17, 15) is 4.79 Å². The van der Waals surface area contributed by atoms with Crippen molar-refractivity contribution in [2.24, 2.45) is 5.92 Å². The fraction of sp³-hybridized carbons (Fsp3) is 0.333. The fourth-order valence-corrected chi connectivity index (χ4v) is 1.93. The molecule has 0 bridgehead atoms. The molecule has 7 nitrogen and oxygen atoms in total. The van der Waals surface area contributed by atoms with Gasteiger partial charge in [-0.25, -0.2) is 4.98 Å². The number of aromatic nitrogens is 3. The Kier molecular flexibility index (Phi) is 4.43. The van der Waals surface area contributed by atoms with Crippen LogP contribution in [0, 0.1) is 5.92 Å². The third kappa shape index (κ3) is 4.15. The molecule has 22 heavy (non-hydrogen) atoms. The van der Waals surface area contributed by atoms with Crippen LogP contribution in [0.3, 0.4) is 0 Å². The van der Waals surface area contributed by atoms with Crippen molar-refractivity contribution in [3.63, 3.8) is 0 Å². The lowest BCUT2D eigenvalue weighted by atomic mass is 10.4. The van der Waals surface area contributed by atoms with Crippen LogP contribution in [0.5, 0.6) is 0 Å². The summed E-state index contributed by atoms with van der Waals surface area (Å²) < 4.78 is 0. The molecule has 2 aromatic heterocycles. The highest BCUT2D eigenvalue weighted by molar-refractivity contribution is 5.80. The summed E-state index contributed by atoms with van der Waals surface area (Å²) in [4.78, 5) is 15.6. The molecule has 3 N–H and O–H groups in total. The Morgan fingerprint density at radius 1 is 1.05 bits per heavy atom. The van der Waals surface area contributed by atoms with Crippen molar-refractivity contribution in [1.82, 2.24) is 20.5 Å². The Hall–Kier alpha value is -2.70. The van der Waals surface area contributed by atoms with Gasteiger partial charge in [0, 0.05) is 25.2 Å². The molecule has 1 fully saturated rings. The van der Waals surface area contributed by atoms with Gasteiger partial charge in [0.15, 0.2) is 5.82 Å². The van der Waals surface area contributed by atoms with Gasteiger partial charge in [-0.1, -0.05) is 6.07 Å². The average Bonchev–Trinajstić information content (AvgIpc) is 3.39. The van der Waals surface area contributed by atoms with Gasteiger partial charge in [0.05, 0.1) is 0 Å². The molecule has 0 radical (unpaired) electrons. The number of rotatable bonds is 7. The predicted octanol–water partition coefficient (Wildman–Crippen LogP) is 1.55. The lowest BCUT2D eigenvalue weighted by Gasteiger charge is -2.07. The van der Waals surface area contributed by atoms with Gasteiger partial charge >= 0.3 is 0 Å². The lowest BCUT2D eigenvalue weighted by Crippen LogP contribution is -2.29. The first-order valence-electron chi connectivity index (χ1n) is 7.34. The van der Waals surface area contributed by atoms with Gasteiger partial charge in [0.2, 0.25) is 5.91 Å². The Labute approximate surface area is 128 Å². The molecule has 2 aromatic rings. The van der Waals surface area contributed by atoms with Crippen molar-refractivity contribution in [3.05, 3.63) is 36.5 Å². The Morgan fingerprint density at radius 3 is 2.55 bits per heavy atom. The van der Waals surface area contributed by atoms with Crippen LogP contribution in [0.2, 0.25) is 0 Å². The average molecular weight is 298 g/mol. The summed E-state index contributed by atoms with van der Waals surface area (Å²) in [6, 6.07) is 9.27. The number of nitrogens with one attached hydrogen (secondary N) is 3. The smallest absolute Gasteiger partial charge is 0.223 e. The highest BCUT2D eigenvalue weighted by Crippen LogP contribution is 2.28. The van der Waals surface area contributed by atoms with Gasteiger partial charge in [-0.3, -0.25) is 4.79 Å². The van der Waals surface area contributed by atoms with Crippen LogP contribution in [0.1, 0.15) is 12.8 Å². The molecule has 0 aromatic carbocycles. The van der Waals surface area contributed by atoms with E-state index in [4.69, 9.17) is 0 Å². The van der Waals surface area contributed by atoms with E-state index >= 15 is 0 Å². The zero-order valence-corrected chi connectivity index (χ0v) is 12.1. The third-order valence-electron chi connectivity index (χ3n) is 3.26. The fourth-order valence-electron chi connectivity index (χ4n) is 1.93. The summed E-state index contributed by atoms with van der Waals surface area (Å²) >= 11 is 0. The topological polar surface area (TPSA) is 91.8 Å². The van der Waals surface area contributed by atoms with Gasteiger partial charge in [0.1, 0.15) is 11.6 Å². The first kappa shape index (κ1) is 14.2. The van der Waals surface area contributed by atoms with Crippen LogP contribution < -0.4 is 16.0 Å².